The fourth-order valence-electron chi connectivity index (χ4n) is 2.81. The van der Waals surface area contributed by atoms with Gasteiger partial charge in [0, 0.05) is 5.92 Å². The maximum Gasteiger partial charge on any atom is 0.0608 e. The summed E-state index contributed by atoms with van der Waals surface area (Å²) in [5.74, 6) is 0.379. The molecule has 17 heavy (non-hydrogen) atoms. The van der Waals surface area contributed by atoms with E-state index in [-0.39, 0.29) is 6.10 Å². The lowest BCUT2D eigenvalue weighted by molar-refractivity contribution is 0.106. The van der Waals surface area contributed by atoms with Crippen molar-refractivity contribution in [2.24, 2.45) is 0 Å². The standard InChI is InChI=1S/C16H24O/c1-2-3-6-13-9-11-14(12-10-13)15-7-4-5-8-16(15)17/h9-12,15-17H,2-8H2,1H3/t15-,16+/m1/s1. The van der Waals surface area contributed by atoms with Gasteiger partial charge in [0.1, 0.15) is 0 Å². The van der Waals surface area contributed by atoms with Crippen molar-refractivity contribution in [2.75, 3.05) is 0 Å². The second-order valence-electron chi connectivity index (χ2n) is 5.30. The molecule has 2 atom stereocenters. The van der Waals surface area contributed by atoms with E-state index in [1.165, 1.54) is 43.2 Å². The third-order valence-corrected chi connectivity index (χ3v) is 3.96. The summed E-state index contributed by atoms with van der Waals surface area (Å²) in [5.41, 5.74) is 2.76. The van der Waals surface area contributed by atoms with E-state index in [0.717, 1.165) is 12.8 Å². The average molecular weight is 232 g/mol. The smallest absolute Gasteiger partial charge is 0.0608 e. The van der Waals surface area contributed by atoms with Crippen molar-refractivity contribution in [2.45, 2.75) is 63.9 Å². The van der Waals surface area contributed by atoms with Crippen LogP contribution >= 0.6 is 0 Å². The highest BCUT2D eigenvalue weighted by Gasteiger charge is 2.24. The van der Waals surface area contributed by atoms with Gasteiger partial charge in [0.05, 0.1) is 6.10 Å². The summed E-state index contributed by atoms with van der Waals surface area (Å²) in [7, 11) is 0. The van der Waals surface area contributed by atoms with E-state index >= 15 is 0 Å². The minimum Gasteiger partial charge on any atom is -0.392 e. The number of hydrogen-bond donors (Lipinski definition) is 1. The Morgan fingerprint density at radius 3 is 2.47 bits per heavy atom. The molecular formula is C16H24O. The quantitative estimate of drug-likeness (QED) is 0.830. The van der Waals surface area contributed by atoms with Crippen molar-refractivity contribution < 1.29 is 5.11 Å². The van der Waals surface area contributed by atoms with Crippen molar-refractivity contribution >= 4 is 0 Å². The van der Waals surface area contributed by atoms with Crippen LogP contribution in [0.3, 0.4) is 0 Å². The Morgan fingerprint density at radius 2 is 1.82 bits per heavy atom. The largest absolute Gasteiger partial charge is 0.392 e. The molecule has 1 aromatic carbocycles. The summed E-state index contributed by atoms with van der Waals surface area (Å²) in [6, 6.07) is 8.94. The second-order valence-corrected chi connectivity index (χ2v) is 5.30. The molecule has 0 heterocycles. The van der Waals surface area contributed by atoms with E-state index < -0.39 is 0 Å². The zero-order valence-corrected chi connectivity index (χ0v) is 10.9. The highest BCUT2D eigenvalue weighted by molar-refractivity contribution is 5.26. The van der Waals surface area contributed by atoms with Crippen LogP contribution in [-0.2, 0) is 6.42 Å². The molecule has 0 spiro atoms. The van der Waals surface area contributed by atoms with Gasteiger partial charge in [-0.1, -0.05) is 50.5 Å². The molecule has 0 radical (unpaired) electrons. The maximum atomic E-state index is 10.0. The molecule has 1 aliphatic carbocycles. The van der Waals surface area contributed by atoms with Crippen LogP contribution in [0.5, 0.6) is 0 Å². The van der Waals surface area contributed by atoms with Crippen molar-refractivity contribution in [3.05, 3.63) is 35.4 Å². The van der Waals surface area contributed by atoms with Crippen LogP contribution in [0, 0.1) is 0 Å². The zero-order valence-electron chi connectivity index (χ0n) is 10.9. The molecule has 94 valence electrons. The molecule has 0 amide bonds. The van der Waals surface area contributed by atoms with E-state index in [2.05, 4.69) is 31.2 Å². The third kappa shape index (κ3) is 3.32. The number of aliphatic hydroxyl groups is 1. The van der Waals surface area contributed by atoms with E-state index in [1.54, 1.807) is 0 Å². The van der Waals surface area contributed by atoms with Gasteiger partial charge in [-0.05, 0) is 36.8 Å². The molecule has 2 rings (SSSR count). The van der Waals surface area contributed by atoms with Crippen LogP contribution in [0.1, 0.15) is 62.5 Å². The molecule has 1 heteroatoms. The summed E-state index contributed by atoms with van der Waals surface area (Å²) in [6.45, 7) is 2.23. The maximum absolute atomic E-state index is 10.0. The van der Waals surface area contributed by atoms with Gasteiger partial charge in [-0.2, -0.15) is 0 Å². The molecule has 0 aromatic heterocycles. The monoisotopic (exact) mass is 232 g/mol. The van der Waals surface area contributed by atoms with Gasteiger partial charge in [-0.25, -0.2) is 0 Å². The van der Waals surface area contributed by atoms with Crippen molar-refractivity contribution in [1.82, 2.24) is 0 Å². The van der Waals surface area contributed by atoms with Crippen molar-refractivity contribution in [3.63, 3.8) is 0 Å². The summed E-state index contributed by atoms with van der Waals surface area (Å²) in [5, 5.41) is 10.0. The molecule has 1 aliphatic rings. The first-order valence-electron chi connectivity index (χ1n) is 7.08. The summed E-state index contributed by atoms with van der Waals surface area (Å²) in [6.07, 6.45) is 8.16. The molecule has 1 aromatic rings. The van der Waals surface area contributed by atoms with Gasteiger partial charge in [0.15, 0.2) is 0 Å². The number of aliphatic hydroxyl groups excluding tert-OH is 1. The summed E-state index contributed by atoms with van der Waals surface area (Å²) < 4.78 is 0. The minimum absolute atomic E-state index is 0.120. The number of benzene rings is 1. The van der Waals surface area contributed by atoms with Crippen LogP contribution in [0.4, 0.5) is 0 Å². The lowest BCUT2D eigenvalue weighted by Gasteiger charge is -2.28. The highest BCUT2D eigenvalue weighted by atomic mass is 16.3. The minimum atomic E-state index is -0.120. The van der Waals surface area contributed by atoms with Crippen LogP contribution in [-0.4, -0.2) is 11.2 Å². The first-order chi connectivity index (χ1) is 8.31. The molecular weight excluding hydrogens is 208 g/mol. The molecule has 0 bridgehead atoms. The van der Waals surface area contributed by atoms with Gasteiger partial charge in [-0.3, -0.25) is 0 Å². The molecule has 0 unspecified atom stereocenters. The first-order valence-corrected chi connectivity index (χ1v) is 7.08. The molecule has 1 nitrogen and oxygen atoms in total. The molecule has 0 saturated heterocycles. The fraction of sp³-hybridized carbons (Fsp3) is 0.625. The molecule has 1 saturated carbocycles. The van der Waals surface area contributed by atoms with Crippen LogP contribution in [0.25, 0.3) is 0 Å². The van der Waals surface area contributed by atoms with Gasteiger partial charge in [0.2, 0.25) is 0 Å². The number of unbranched alkanes of at least 4 members (excludes halogenated alkanes) is 1. The Hall–Kier alpha value is -0.820. The molecule has 1 N–H and O–H groups in total. The van der Waals surface area contributed by atoms with Gasteiger partial charge in [0.25, 0.3) is 0 Å². The van der Waals surface area contributed by atoms with Crippen molar-refractivity contribution in [1.29, 1.82) is 0 Å². The number of rotatable bonds is 4. The third-order valence-electron chi connectivity index (χ3n) is 3.96. The number of hydrogen-bond acceptors (Lipinski definition) is 1. The van der Waals surface area contributed by atoms with E-state index in [0.29, 0.717) is 5.92 Å². The van der Waals surface area contributed by atoms with Crippen LogP contribution in [0.2, 0.25) is 0 Å². The SMILES string of the molecule is CCCCc1ccc([C@H]2CCCC[C@@H]2O)cc1. The van der Waals surface area contributed by atoms with Crippen LogP contribution in [0.15, 0.2) is 24.3 Å². The molecule has 1 fully saturated rings. The van der Waals surface area contributed by atoms with Gasteiger partial charge < -0.3 is 5.11 Å². The predicted octanol–water partition coefficient (Wildman–Crippen LogP) is 4.05. The molecule has 0 aliphatic heterocycles. The second kappa shape index (κ2) is 6.20. The normalized spacial score (nSPS) is 24.8. The Kier molecular flexibility index (Phi) is 4.61. The highest BCUT2D eigenvalue weighted by Crippen LogP contribution is 2.33. The van der Waals surface area contributed by atoms with Gasteiger partial charge >= 0.3 is 0 Å². The van der Waals surface area contributed by atoms with Crippen LogP contribution < -0.4 is 0 Å². The Balaban J connectivity index is 2.01. The Labute approximate surface area is 105 Å². The van der Waals surface area contributed by atoms with E-state index in [9.17, 15) is 5.11 Å². The Morgan fingerprint density at radius 1 is 1.12 bits per heavy atom. The summed E-state index contributed by atoms with van der Waals surface area (Å²) in [4.78, 5) is 0. The lowest BCUT2D eigenvalue weighted by Crippen LogP contribution is -2.22. The fourth-order valence-corrected chi connectivity index (χ4v) is 2.81. The van der Waals surface area contributed by atoms with Gasteiger partial charge in [-0.15, -0.1) is 0 Å². The summed E-state index contributed by atoms with van der Waals surface area (Å²) >= 11 is 0. The van der Waals surface area contributed by atoms with Crippen molar-refractivity contribution in [3.8, 4) is 0 Å². The predicted molar refractivity (Wildman–Crippen MR) is 72.3 cm³/mol. The topological polar surface area (TPSA) is 20.2 Å². The van der Waals surface area contributed by atoms with E-state index in [1.807, 2.05) is 0 Å². The number of aryl methyl sites for hydroxylation is 1. The lowest BCUT2D eigenvalue weighted by atomic mass is 9.81. The van der Waals surface area contributed by atoms with E-state index in [4.69, 9.17) is 0 Å². The first kappa shape index (κ1) is 12.6. The zero-order chi connectivity index (χ0) is 12.1. The average Bonchev–Trinajstić information content (AvgIpc) is 2.38. The Bertz CT molecular complexity index is 328.